The molecule has 1 unspecified atom stereocenters. The average Bonchev–Trinajstić information content (AvgIpc) is 2.94. The lowest BCUT2D eigenvalue weighted by molar-refractivity contribution is 0.242. The van der Waals surface area contributed by atoms with Gasteiger partial charge in [-0.3, -0.25) is 0 Å². The molecule has 5 heteroatoms. The minimum atomic E-state index is 0.156. The van der Waals surface area contributed by atoms with E-state index < -0.39 is 0 Å². The summed E-state index contributed by atoms with van der Waals surface area (Å²) in [4.78, 5) is 1.14. The van der Waals surface area contributed by atoms with Gasteiger partial charge in [-0.1, -0.05) is 23.5 Å². The zero-order chi connectivity index (χ0) is 14.4. The van der Waals surface area contributed by atoms with Gasteiger partial charge in [-0.25, -0.2) is 0 Å². The highest BCUT2D eigenvalue weighted by atomic mass is 32.1. The Bertz CT molecular complexity index is 496. The molecule has 0 spiro atoms. The van der Waals surface area contributed by atoms with Crippen LogP contribution in [0.25, 0.3) is 0 Å². The van der Waals surface area contributed by atoms with Crippen molar-refractivity contribution in [3.8, 4) is 5.75 Å². The van der Waals surface area contributed by atoms with Gasteiger partial charge in [-0.15, -0.1) is 5.10 Å². The number of nitrogens with one attached hydrogen (secondary N) is 1. The molecule has 1 atom stereocenters. The van der Waals surface area contributed by atoms with E-state index >= 15 is 0 Å². The highest BCUT2D eigenvalue weighted by Crippen LogP contribution is 2.26. The van der Waals surface area contributed by atoms with Crippen molar-refractivity contribution in [2.75, 3.05) is 6.54 Å². The van der Waals surface area contributed by atoms with Gasteiger partial charge in [0.25, 0.3) is 0 Å². The molecule has 2 aromatic rings. The average molecular weight is 291 g/mol. The van der Waals surface area contributed by atoms with Crippen LogP contribution in [0.1, 0.15) is 43.7 Å². The summed E-state index contributed by atoms with van der Waals surface area (Å²) in [5.41, 5.74) is 1.21. The fourth-order valence-electron chi connectivity index (χ4n) is 1.98. The van der Waals surface area contributed by atoms with Gasteiger partial charge >= 0.3 is 0 Å². The Balaban J connectivity index is 2.16. The van der Waals surface area contributed by atoms with E-state index in [2.05, 4.69) is 34.0 Å². The molecule has 0 radical (unpaired) electrons. The Labute approximate surface area is 124 Å². The number of hydrogen-bond donors (Lipinski definition) is 1. The van der Waals surface area contributed by atoms with Crippen molar-refractivity contribution in [1.29, 1.82) is 0 Å². The Hall–Kier alpha value is -1.46. The highest BCUT2D eigenvalue weighted by molar-refractivity contribution is 7.05. The maximum absolute atomic E-state index is 5.68. The number of benzene rings is 1. The molecule has 0 bridgehead atoms. The Morgan fingerprint density at radius 1 is 1.25 bits per heavy atom. The molecule has 1 aromatic carbocycles. The number of aromatic nitrogens is 2. The molecule has 0 aliphatic carbocycles. The summed E-state index contributed by atoms with van der Waals surface area (Å²) in [6.45, 7) is 7.19. The molecule has 0 saturated carbocycles. The van der Waals surface area contributed by atoms with E-state index in [1.807, 2.05) is 32.2 Å². The van der Waals surface area contributed by atoms with Crippen LogP contribution in [0.2, 0.25) is 0 Å². The fraction of sp³-hybridized carbons (Fsp3) is 0.467. The number of nitrogens with zero attached hydrogens (tertiary/aromatic N) is 2. The lowest BCUT2D eigenvalue weighted by Gasteiger charge is -2.17. The Morgan fingerprint density at radius 2 is 2.00 bits per heavy atom. The summed E-state index contributed by atoms with van der Waals surface area (Å²) >= 11 is 1.44. The zero-order valence-electron chi connectivity index (χ0n) is 12.2. The molecule has 1 N–H and O–H groups in total. The SMILES string of the molecule is CCCNC(c1ccc(OC(C)C)cc1)c1cnns1. The van der Waals surface area contributed by atoms with E-state index in [4.69, 9.17) is 4.74 Å². The lowest BCUT2D eigenvalue weighted by Crippen LogP contribution is -2.22. The van der Waals surface area contributed by atoms with Crippen molar-refractivity contribution in [2.45, 2.75) is 39.3 Å². The Kier molecular flexibility index (Phi) is 5.49. The predicted molar refractivity (Wildman–Crippen MR) is 82.3 cm³/mol. The van der Waals surface area contributed by atoms with Gasteiger partial charge in [0.1, 0.15) is 5.75 Å². The normalized spacial score (nSPS) is 12.6. The molecular weight excluding hydrogens is 270 g/mol. The zero-order valence-corrected chi connectivity index (χ0v) is 13.0. The third-order valence-electron chi connectivity index (χ3n) is 2.85. The summed E-state index contributed by atoms with van der Waals surface area (Å²) in [7, 11) is 0. The fourth-order valence-corrected chi connectivity index (χ4v) is 2.59. The van der Waals surface area contributed by atoms with Crippen LogP contribution in [0.4, 0.5) is 0 Å². The van der Waals surface area contributed by atoms with Crippen LogP contribution in [0.3, 0.4) is 0 Å². The molecule has 20 heavy (non-hydrogen) atoms. The standard InChI is InChI=1S/C15H21N3OS/c1-4-9-16-15(14-10-17-18-20-14)12-5-7-13(8-6-12)19-11(2)3/h5-8,10-11,15-16H,4,9H2,1-3H3. The second-order valence-electron chi connectivity index (χ2n) is 4.94. The van der Waals surface area contributed by atoms with Gasteiger partial charge in [0, 0.05) is 0 Å². The summed E-state index contributed by atoms with van der Waals surface area (Å²) in [5.74, 6) is 0.903. The van der Waals surface area contributed by atoms with Gasteiger partial charge < -0.3 is 10.1 Å². The van der Waals surface area contributed by atoms with Crippen LogP contribution in [0.5, 0.6) is 5.75 Å². The summed E-state index contributed by atoms with van der Waals surface area (Å²) < 4.78 is 9.64. The molecule has 108 valence electrons. The maximum atomic E-state index is 5.68. The topological polar surface area (TPSA) is 47.0 Å². The van der Waals surface area contributed by atoms with Crippen molar-refractivity contribution in [1.82, 2.24) is 14.9 Å². The van der Waals surface area contributed by atoms with Gasteiger partial charge in [-0.2, -0.15) is 0 Å². The lowest BCUT2D eigenvalue weighted by atomic mass is 10.1. The highest BCUT2D eigenvalue weighted by Gasteiger charge is 2.15. The van der Waals surface area contributed by atoms with E-state index in [-0.39, 0.29) is 12.1 Å². The summed E-state index contributed by atoms with van der Waals surface area (Å²) in [6, 6.07) is 8.40. The van der Waals surface area contributed by atoms with Crippen LogP contribution >= 0.6 is 11.5 Å². The third kappa shape index (κ3) is 4.02. The Morgan fingerprint density at radius 3 is 2.55 bits per heavy atom. The summed E-state index contributed by atoms with van der Waals surface area (Å²) in [5, 5.41) is 7.48. The van der Waals surface area contributed by atoms with E-state index in [0.29, 0.717) is 0 Å². The first kappa shape index (κ1) is 14.9. The van der Waals surface area contributed by atoms with Crippen molar-refractivity contribution in [3.05, 3.63) is 40.9 Å². The van der Waals surface area contributed by atoms with Gasteiger partial charge in [0.15, 0.2) is 0 Å². The first-order valence-corrected chi connectivity index (χ1v) is 7.75. The van der Waals surface area contributed by atoms with Crippen molar-refractivity contribution in [3.63, 3.8) is 0 Å². The number of hydrogen-bond acceptors (Lipinski definition) is 5. The second kappa shape index (κ2) is 7.36. The second-order valence-corrected chi connectivity index (χ2v) is 5.76. The van der Waals surface area contributed by atoms with Crippen molar-refractivity contribution in [2.24, 2.45) is 0 Å². The van der Waals surface area contributed by atoms with Crippen LogP contribution in [-0.2, 0) is 0 Å². The van der Waals surface area contributed by atoms with Crippen molar-refractivity contribution < 1.29 is 4.74 Å². The smallest absolute Gasteiger partial charge is 0.119 e. The molecular formula is C15H21N3OS. The predicted octanol–water partition coefficient (Wildman–Crippen LogP) is 3.41. The molecule has 1 aromatic heterocycles. The monoisotopic (exact) mass is 291 g/mol. The van der Waals surface area contributed by atoms with Gasteiger partial charge in [-0.05, 0) is 56.0 Å². The molecule has 2 rings (SSSR count). The first-order valence-electron chi connectivity index (χ1n) is 6.98. The minimum Gasteiger partial charge on any atom is -0.491 e. The van der Waals surface area contributed by atoms with Crippen LogP contribution < -0.4 is 10.1 Å². The van der Waals surface area contributed by atoms with E-state index in [9.17, 15) is 0 Å². The van der Waals surface area contributed by atoms with Gasteiger partial charge in [0.05, 0.1) is 23.2 Å². The third-order valence-corrected chi connectivity index (χ3v) is 3.57. The van der Waals surface area contributed by atoms with Crippen LogP contribution in [0.15, 0.2) is 30.5 Å². The molecule has 4 nitrogen and oxygen atoms in total. The number of rotatable bonds is 7. The molecule has 0 amide bonds. The maximum Gasteiger partial charge on any atom is 0.119 e. The van der Waals surface area contributed by atoms with E-state index in [0.717, 1.165) is 23.6 Å². The molecule has 0 aliphatic rings. The van der Waals surface area contributed by atoms with Crippen molar-refractivity contribution >= 4 is 11.5 Å². The van der Waals surface area contributed by atoms with E-state index in [1.54, 1.807) is 0 Å². The summed E-state index contributed by atoms with van der Waals surface area (Å²) in [6.07, 6.45) is 3.12. The quantitative estimate of drug-likeness (QED) is 0.849. The first-order chi connectivity index (χ1) is 9.70. The van der Waals surface area contributed by atoms with Crippen LogP contribution in [0, 0.1) is 0 Å². The van der Waals surface area contributed by atoms with Crippen LogP contribution in [-0.4, -0.2) is 22.2 Å². The van der Waals surface area contributed by atoms with E-state index in [1.165, 1.54) is 17.1 Å². The molecule has 1 heterocycles. The largest absolute Gasteiger partial charge is 0.491 e. The molecule has 0 aliphatic heterocycles. The molecule has 0 fully saturated rings. The van der Waals surface area contributed by atoms with Gasteiger partial charge in [0.2, 0.25) is 0 Å². The molecule has 0 saturated heterocycles. The minimum absolute atomic E-state index is 0.156. The number of ether oxygens (including phenoxy) is 1.